The smallest absolute Gasteiger partial charge is 0.322 e. The van der Waals surface area contributed by atoms with Crippen LogP contribution >= 0.6 is 0 Å². The molecule has 2 fully saturated rings. The maximum atomic E-state index is 11.9. The Balaban J connectivity index is 1.50. The van der Waals surface area contributed by atoms with Crippen LogP contribution in [0, 0.1) is 6.92 Å². The van der Waals surface area contributed by atoms with E-state index >= 15 is 0 Å². The summed E-state index contributed by atoms with van der Waals surface area (Å²) >= 11 is 0. The average molecular weight is 311 g/mol. The Labute approximate surface area is 135 Å². The molecule has 2 aromatic rings. The van der Waals surface area contributed by atoms with Crippen molar-refractivity contribution in [3.8, 4) is 0 Å². The third-order valence-electron chi connectivity index (χ3n) is 4.50. The van der Waals surface area contributed by atoms with Crippen molar-refractivity contribution < 1.29 is 4.79 Å². The SMILES string of the molecule is Cc1ccc(NCc2nccn2C2CC2)cc1N1CCNC1=O. The highest BCUT2D eigenvalue weighted by molar-refractivity contribution is 5.95. The number of rotatable bonds is 5. The van der Waals surface area contributed by atoms with Crippen LogP contribution < -0.4 is 15.5 Å². The van der Waals surface area contributed by atoms with E-state index in [1.54, 1.807) is 4.90 Å². The molecule has 2 amide bonds. The van der Waals surface area contributed by atoms with E-state index in [0.717, 1.165) is 29.3 Å². The number of aromatic nitrogens is 2. The van der Waals surface area contributed by atoms with Crippen molar-refractivity contribution in [3.05, 3.63) is 42.0 Å². The van der Waals surface area contributed by atoms with Gasteiger partial charge in [0, 0.05) is 37.2 Å². The number of urea groups is 1. The monoisotopic (exact) mass is 311 g/mol. The number of anilines is 2. The second-order valence-electron chi connectivity index (χ2n) is 6.22. The minimum Gasteiger partial charge on any atom is -0.378 e. The van der Waals surface area contributed by atoms with E-state index in [4.69, 9.17) is 0 Å². The van der Waals surface area contributed by atoms with Gasteiger partial charge in [-0.05, 0) is 37.5 Å². The molecule has 0 unspecified atom stereocenters. The predicted octanol–water partition coefficient (Wildman–Crippen LogP) is 2.67. The van der Waals surface area contributed by atoms with Gasteiger partial charge in [0.15, 0.2) is 0 Å². The lowest BCUT2D eigenvalue weighted by Gasteiger charge is -2.18. The van der Waals surface area contributed by atoms with Gasteiger partial charge in [-0.2, -0.15) is 0 Å². The van der Waals surface area contributed by atoms with E-state index in [0.29, 0.717) is 19.1 Å². The molecule has 6 heteroatoms. The molecule has 1 aliphatic heterocycles. The summed E-state index contributed by atoms with van der Waals surface area (Å²) in [6, 6.07) is 6.77. The van der Waals surface area contributed by atoms with Crippen molar-refractivity contribution in [2.75, 3.05) is 23.3 Å². The lowest BCUT2D eigenvalue weighted by Crippen LogP contribution is -2.28. The van der Waals surface area contributed by atoms with Crippen LogP contribution in [0.25, 0.3) is 0 Å². The summed E-state index contributed by atoms with van der Waals surface area (Å²) in [5.41, 5.74) is 3.08. The Morgan fingerprint density at radius 1 is 1.39 bits per heavy atom. The van der Waals surface area contributed by atoms with Crippen LogP contribution in [0.5, 0.6) is 0 Å². The van der Waals surface area contributed by atoms with Gasteiger partial charge in [-0.3, -0.25) is 4.90 Å². The molecule has 1 aliphatic carbocycles. The molecule has 1 saturated carbocycles. The fourth-order valence-corrected chi connectivity index (χ4v) is 3.06. The summed E-state index contributed by atoms with van der Waals surface area (Å²) in [6.45, 7) is 4.15. The number of aryl methyl sites for hydroxylation is 1. The Morgan fingerprint density at radius 2 is 2.26 bits per heavy atom. The molecule has 0 atom stereocenters. The van der Waals surface area contributed by atoms with Gasteiger partial charge in [-0.25, -0.2) is 9.78 Å². The third kappa shape index (κ3) is 2.76. The van der Waals surface area contributed by atoms with Gasteiger partial charge in [-0.15, -0.1) is 0 Å². The highest BCUT2D eigenvalue weighted by atomic mass is 16.2. The van der Waals surface area contributed by atoms with Crippen molar-refractivity contribution in [3.63, 3.8) is 0 Å². The Hall–Kier alpha value is -2.50. The molecule has 23 heavy (non-hydrogen) atoms. The minimum absolute atomic E-state index is 0.0190. The second-order valence-corrected chi connectivity index (χ2v) is 6.22. The number of hydrogen-bond donors (Lipinski definition) is 2. The summed E-state index contributed by atoms with van der Waals surface area (Å²) < 4.78 is 2.26. The molecule has 2 heterocycles. The number of carbonyl (C=O) groups is 1. The molecular formula is C17H21N5O. The van der Waals surface area contributed by atoms with Gasteiger partial charge in [-0.1, -0.05) is 6.07 Å². The first kappa shape index (κ1) is 14.1. The molecule has 1 saturated heterocycles. The maximum Gasteiger partial charge on any atom is 0.322 e. The quantitative estimate of drug-likeness (QED) is 0.892. The van der Waals surface area contributed by atoms with Crippen LogP contribution in [0.4, 0.5) is 16.2 Å². The fraction of sp³-hybridized carbons (Fsp3) is 0.412. The Kier molecular flexibility index (Phi) is 3.44. The number of benzene rings is 1. The highest BCUT2D eigenvalue weighted by Gasteiger charge is 2.25. The molecule has 120 valence electrons. The second kappa shape index (κ2) is 5.61. The number of hydrogen-bond acceptors (Lipinski definition) is 3. The van der Waals surface area contributed by atoms with Crippen molar-refractivity contribution in [2.24, 2.45) is 0 Å². The van der Waals surface area contributed by atoms with Crippen LogP contribution in [0.15, 0.2) is 30.6 Å². The van der Waals surface area contributed by atoms with Crippen molar-refractivity contribution in [1.82, 2.24) is 14.9 Å². The zero-order valence-electron chi connectivity index (χ0n) is 13.2. The lowest BCUT2D eigenvalue weighted by atomic mass is 10.1. The molecule has 1 aromatic carbocycles. The predicted molar refractivity (Wildman–Crippen MR) is 89.7 cm³/mol. The van der Waals surface area contributed by atoms with Crippen LogP contribution in [0.2, 0.25) is 0 Å². The summed E-state index contributed by atoms with van der Waals surface area (Å²) in [5, 5.41) is 6.28. The van der Waals surface area contributed by atoms with Gasteiger partial charge in [0.2, 0.25) is 0 Å². The first-order valence-electron chi connectivity index (χ1n) is 8.14. The summed E-state index contributed by atoms with van der Waals surface area (Å²) in [4.78, 5) is 18.1. The first-order valence-corrected chi connectivity index (χ1v) is 8.14. The zero-order valence-corrected chi connectivity index (χ0v) is 13.2. The van der Waals surface area contributed by atoms with Gasteiger partial charge >= 0.3 is 6.03 Å². The number of carbonyl (C=O) groups excluding carboxylic acids is 1. The van der Waals surface area contributed by atoms with Crippen LogP contribution in [-0.4, -0.2) is 28.7 Å². The van der Waals surface area contributed by atoms with Gasteiger partial charge in [0.1, 0.15) is 5.82 Å². The van der Waals surface area contributed by atoms with Crippen LogP contribution in [0.1, 0.15) is 30.3 Å². The molecule has 1 aromatic heterocycles. The van der Waals surface area contributed by atoms with E-state index in [1.807, 2.05) is 19.2 Å². The summed E-state index contributed by atoms with van der Waals surface area (Å²) in [5.74, 6) is 1.06. The van der Waals surface area contributed by atoms with Crippen LogP contribution in [-0.2, 0) is 6.54 Å². The number of nitrogens with one attached hydrogen (secondary N) is 2. The van der Waals surface area contributed by atoms with Crippen molar-refractivity contribution in [1.29, 1.82) is 0 Å². The van der Waals surface area contributed by atoms with Gasteiger partial charge < -0.3 is 15.2 Å². The van der Waals surface area contributed by atoms with Crippen LogP contribution in [0.3, 0.4) is 0 Å². The first-order chi connectivity index (χ1) is 11.2. The Bertz CT molecular complexity index is 734. The molecule has 0 radical (unpaired) electrons. The molecule has 6 nitrogen and oxygen atoms in total. The van der Waals surface area contributed by atoms with Crippen molar-refractivity contribution in [2.45, 2.75) is 32.4 Å². The number of nitrogens with zero attached hydrogens (tertiary/aromatic N) is 3. The fourth-order valence-electron chi connectivity index (χ4n) is 3.06. The molecule has 2 aliphatic rings. The molecule has 0 spiro atoms. The molecule has 2 N–H and O–H groups in total. The normalized spacial score (nSPS) is 17.4. The summed E-state index contributed by atoms with van der Waals surface area (Å²) in [6.07, 6.45) is 6.43. The standard InChI is InChI=1S/C17H21N5O/c1-12-2-3-13(10-15(12)22-9-7-19-17(22)23)20-11-16-18-6-8-21(16)14-4-5-14/h2-3,6,8,10,14,20H,4-5,7,9,11H2,1H3,(H,19,23). The number of amides is 2. The summed E-state index contributed by atoms with van der Waals surface area (Å²) in [7, 11) is 0. The minimum atomic E-state index is -0.0190. The maximum absolute atomic E-state index is 11.9. The highest BCUT2D eigenvalue weighted by Crippen LogP contribution is 2.35. The Morgan fingerprint density at radius 3 is 3.00 bits per heavy atom. The largest absolute Gasteiger partial charge is 0.378 e. The van der Waals surface area contributed by atoms with Crippen molar-refractivity contribution >= 4 is 17.4 Å². The van der Waals surface area contributed by atoms with E-state index < -0.39 is 0 Å². The topological polar surface area (TPSA) is 62.2 Å². The van der Waals surface area contributed by atoms with E-state index in [-0.39, 0.29) is 6.03 Å². The van der Waals surface area contributed by atoms with E-state index in [2.05, 4.69) is 38.5 Å². The molecule has 0 bridgehead atoms. The molecular weight excluding hydrogens is 290 g/mol. The van der Waals surface area contributed by atoms with Gasteiger partial charge in [0.25, 0.3) is 0 Å². The van der Waals surface area contributed by atoms with E-state index in [1.165, 1.54) is 12.8 Å². The lowest BCUT2D eigenvalue weighted by molar-refractivity contribution is 0.252. The third-order valence-corrected chi connectivity index (χ3v) is 4.50. The number of imidazole rings is 1. The molecule has 4 rings (SSSR count). The van der Waals surface area contributed by atoms with E-state index in [9.17, 15) is 4.79 Å². The zero-order chi connectivity index (χ0) is 15.8. The average Bonchev–Trinajstić information content (AvgIpc) is 3.13. The van der Waals surface area contributed by atoms with Gasteiger partial charge in [0.05, 0.1) is 12.2 Å².